The van der Waals surface area contributed by atoms with Crippen molar-refractivity contribution in [2.75, 3.05) is 27.7 Å². The highest BCUT2D eigenvalue weighted by molar-refractivity contribution is 5.85. The molecule has 0 atom stereocenters. The Morgan fingerprint density at radius 2 is 2.09 bits per heavy atom. The van der Waals surface area contributed by atoms with E-state index < -0.39 is 0 Å². The first kappa shape index (κ1) is 17.3. The number of rotatable bonds is 5. The van der Waals surface area contributed by atoms with Gasteiger partial charge in [-0.2, -0.15) is 5.10 Å². The lowest BCUT2D eigenvalue weighted by molar-refractivity contribution is -0.138. The van der Waals surface area contributed by atoms with Gasteiger partial charge in [-0.1, -0.05) is 12.8 Å². The maximum atomic E-state index is 12.6. The number of nitrogens with zero attached hydrogens (tertiary/aromatic N) is 4. The van der Waals surface area contributed by atoms with E-state index in [1.54, 1.807) is 16.6 Å². The predicted octanol–water partition coefficient (Wildman–Crippen LogP) is 0.734. The number of aryl methyl sites for hydroxylation is 1. The maximum Gasteiger partial charge on any atom is 0.230 e. The molecule has 0 unspecified atom stereocenters. The molecule has 7 nitrogen and oxygen atoms in total. The molecule has 0 aliphatic heterocycles. The van der Waals surface area contributed by atoms with E-state index in [2.05, 4.69) is 20.7 Å². The smallest absolute Gasteiger partial charge is 0.230 e. The monoisotopic (exact) mass is 320 g/mol. The van der Waals surface area contributed by atoms with Crippen molar-refractivity contribution in [2.45, 2.75) is 32.2 Å². The molecule has 1 aromatic rings. The van der Waals surface area contributed by atoms with E-state index in [1.807, 2.05) is 33.5 Å². The summed E-state index contributed by atoms with van der Waals surface area (Å²) in [5, 5.41) is 10.7. The number of hydrogen-bond acceptors (Lipinski definition) is 3. The fraction of sp³-hybridized carbons (Fsp3) is 0.688. The fourth-order valence-corrected chi connectivity index (χ4v) is 3.21. The predicted molar refractivity (Wildman–Crippen MR) is 91.0 cm³/mol. The highest BCUT2D eigenvalue weighted by Gasteiger charge is 2.42. The second-order valence-electron chi connectivity index (χ2n) is 6.49. The first-order valence-corrected chi connectivity index (χ1v) is 8.11. The van der Waals surface area contributed by atoms with Gasteiger partial charge in [-0.05, 0) is 12.8 Å². The van der Waals surface area contributed by atoms with Crippen molar-refractivity contribution in [3.8, 4) is 0 Å². The van der Waals surface area contributed by atoms with Gasteiger partial charge in [0.1, 0.15) is 0 Å². The Kier molecular flexibility index (Phi) is 5.63. The van der Waals surface area contributed by atoms with Gasteiger partial charge >= 0.3 is 0 Å². The number of aliphatic imine (C=N–C) groups is 1. The zero-order valence-electron chi connectivity index (χ0n) is 14.6. The summed E-state index contributed by atoms with van der Waals surface area (Å²) >= 11 is 0. The molecule has 1 aliphatic rings. The van der Waals surface area contributed by atoms with Crippen LogP contribution in [-0.2, 0) is 18.4 Å². The lowest BCUT2D eigenvalue weighted by Crippen LogP contribution is -2.49. The number of guanidine groups is 1. The Bertz CT molecular complexity index is 557. The molecule has 2 N–H and O–H groups in total. The van der Waals surface area contributed by atoms with E-state index in [9.17, 15) is 4.79 Å². The lowest BCUT2D eigenvalue weighted by Gasteiger charge is -2.31. The average molecular weight is 320 g/mol. The van der Waals surface area contributed by atoms with Gasteiger partial charge in [0.25, 0.3) is 0 Å². The molecular formula is C16H28N6O. The normalized spacial score (nSPS) is 17.1. The molecule has 2 rings (SSSR count). The summed E-state index contributed by atoms with van der Waals surface area (Å²) in [5.41, 5.74) is 0.797. The molecule has 0 spiro atoms. The number of hydrogen-bond donors (Lipinski definition) is 2. The number of aromatic nitrogens is 2. The summed E-state index contributed by atoms with van der Waals surface area (Å²) < 4.78 is 1.77. The first-order valence-electron chi connectivity index (χ1n) is 8.11. The molecule has 1 aliphatic carbocycles. The zero-order valence-corrected chi connectivity index (χ0v) is 14.6. The lowest BCUT2D eigenvalue weighted by atomic mass is 9.84. The van der Waals surface area contributed by atoms with E-state index >= 15 is 0 Å². The molecule has 1 fully saturated rings. The molecular weight excluding hydrogens is 292 g/mol. The van der Waals surface area contributed by atoms with Gasteiger partial charge in [-0.3, -0.25) is 14.5 Å². The number of carbonyl (C=O) groups excluding carboxylic acids is 1. The van der Waals surface area contributed by atoms with Gasteiger partial charge in [-0.25, -0.2) is 0 Å². The molecule has 0 radical (unpaired) electrons. The second-order valence-corrected chi connectivity index (χ2v) is 6.49. The van der Waals surface area contributed by atoms with Crippen molar-refractivity contribution in [1.82, 2.24) is 25.3 Å². The van der Waals surface area contributed by atoms with Crippen LogP contribution in [-0.4, -0.2) is 54.2 Å². The average Bonchev–Trinajstić information content (AvgIpc) is 3.16. The highest BCUT2D eigenvalue weighted by atomic mass is 16.2. The van der Waals surface area contributed by atoms with Crippen LogP contribution in [0.3, 0.4) is 0 Å². The molecule has 1 saturated carbocycles. The number of nitrogens with one attached hydrogen (secondary N) is 2. The van der Waals surface area contributed by atoms with Crippen LogP contribution < -0.4 is 10.6 Å². The number of amides is 1. The van der Waals surface area contributed by atoms with Crippen LogP contribution in [0.2, 0.25) is 0 Å². The summed E-state index contributed by atoms with van der Waals surface area (Å²) in [6.45, 7) is 1.28. The van der Waals surface area contributed by atoms with Gasteiger partial charge in [0.15, 0.2) is 5.96 Å². The molecule has 0 bridgehead atoms. The maximum absolute atomic E-state index is 12.6. The van der Waals surface area contributed by atoms with Crippen molar-refractivity contribution < 1.29 is 4.79 Å². The molecule has 0 saturated heterocycles. The molecule has 1 amide bonds. The van der Waals surface area contributed by atoms with E-state index in [-0.39, 0.29) is 11.3 Å². The van der Waals surface area contributed by atoms with Crippen LogP contribution in [0.5, 0.6) is 0 Å². The van der Waals surface area contributed by atoms with Crippen molar-refractivity contribution in [3.63, 3.8) is 0 Å². The molecule has 128 valence electrons. The summed E-state index contributed by atoms with van der Waals surface area (Å²) in [4.78, 5) is 18.5. The SMILES string of the molecule is CN=C(NCc1cnn(C)c1)NCC1(C(=O)N(C)C)CCCC1. The molecule has 1 heterocycles. The standard InChI is InChI=1S/C16H28N6O/c1-17-15(18-9-13-10-20-22(4)11-13)19-12-16(7-5-6-8-16)14(23)21(2)3/h10-11H,5-9,12H2,1-4H3,(H2,17,18,19). The summed E-state index contributed by atoms with van der Waals surface area (Å²) in [7, 11) is 7.30. The van der Waals surface area contributed by atoms with E-state index in [0.717, 1.165) is 31.2 Å². The van der Waals surface area contributed by atoms with Gasteiger partial charge in [0.05, 0.1) is 11.6 Å². The highest BCUT2D eigenvalue weighted by Crippen LogP contribution is 2.38. The van der Waals surface area contributed by atoms with E-state index in [1.165, 1.54) is 0 Å². The Balaban J connectivity index is 1.92. The summed E-state index contributed by atoms with van der Waals surface area (Å²) in [6.07, 6.45) is 7.90. The quantitative estimate of drug-likeness (QED) is 0.620. The summed E-state index contributed by atoms with van der Waals surface area (Å²) in [5.74, 6) is 0.928. The zero-order chi connectivity index (χ0) is 16.9. The Morgan fingerprint density at radius 3 is 2.61 bits per heavy atom. The third kappa shape index (κ3) is 4.24. The van der Waals surface area contributed by atoms with Gasteiger partial charge in [0, 0.05) is 53.0 Å². The largest absolute Gasteiger partial charge is 0.355 e. The van der Waals surface area contributed by atoms with E-state index in [0.29, 0.717) is 19.0 Å². The Morgan fingerprint density at radius 1 is 1.39 bits per heavy atom. The summed E-state index contributed by atoms with van der Waals surface area (Å²) in [6, 6.07) is 0. The number of carbonyl (C=O) groups is 1. The van der Waals surface area contributed by atoms with Crippen molar-refractivity contribution in [2.24, 2.45) is 17.5 Å². The molecule has 7 heteroatoms. The third-order valence-corrected chi connectivity index (χ3v) is 4.46. The van der Waals surface area contributed by atoms with Crippen LogP contribution in [0.15, 0.2) is 17.4 Å². The van der Waals surface area contributed by atoms with Crippen LogP contribution in [0, 0.1) is 5.41 Å². The Hall–Kier alpha value is -2.05. The van der Waals surface area contributed by atoms with Crippen LogP contribution >= 0.6 is 0 Å². The molecule has 1 aromatic heterocycles. The van der Waals surface area contributed by atoms with Gasteiger partial charge in [0.2, 0.25) is 5.91 Å². The minimum Gasteiger partial charge on any atom is -0.355 e. The first-order chi connectivity index (χ1) is 11.0. The van der Waals surface area contributed by atoms with Gasteiger partial charge in [-0.15, -0.1) is 0 Å². The van der Waals surface area contributed by atoms with Crippen LogP contribution in [0.4, 0.5) is 0 Å². The fourth-order valence-electron chi connectivity index (χ4n) is 3.21. The van der Waals surface area contributed by atoms with Crippen molar-refractivity contribution in [1.29, 1.82) is 0 Å². The second kappa shape index (κ2) is 7.48. The topological polar surface area (TPSA) is 74.5 Å². The van der Waals surface area contributed by atoms with E-state index in [4.69, 9.17) is 0 Å². The van der Waals surface area contributed by atoms with Crippen LogP contribution in [0.25, 0.3) is 0 Å². The Labute approximate surface area is 138 Å². The van der Waals surface area contributed by atoms with Crippen molar-refractivity contribution >= 4 is 11.9 Å². The molecule has 0 aromatic carbocycles. The van der Waals surface area contributed by atoms with Gasteiger partial charge < -0.3 is 15.5 Å². The minimum absolute atomic E-state index is 0.213. The third-order valence-electron chi connectivity index (χ3n) is 4.46. The molecule has 23 heavy (non-hydrogen) atoms. The van der Waals surface area contributed by atoms with Crippen LogP contribution in [0.1, 0.15) is 31.2 Å². The van der Waals surface area contributed by atoms with Crippen molar-refractivity contribution in [3.05, 3.63) is 18.0 Å². The minimum atomic E-state index is -0.296.